The van der Waals surface area contributed by atoms with Crippen LogP contribution in [0.3, 0.4) is 0 Å². The minimum Gasteiger partial charge on any atom is -0.493 e. The molecular weight excluding hydrogens is 482 g/mol. The first-order chi connectivity index (χ1) is 15.0. The van der Waals surface area contributed by atoms with Gasteiger partial charge in [0.2, 0.25) is 0 Å². The summed E-state index contributed by atoms with van der Waals surface area (Å²) in [5.41, 5.74) is 4.26. The van der Waals surface area contributed by atoms with Gasteiger partial charge >= 0.3 is 0 Å². The first kappa shape index (κ1) is 22.8. The highest BCUT2D eigenvalue weighted by Crippen LogP contribution is 2.32. The van der Waals surface area contributed by atoms with E-state index in [-0.39, 0.29) is 11.7 Å². The second-order valence-electron chi connectivity index (χ2n) is 6.26. The summed E-state index contributed by atoms with van der Waals surface area (Å²) in [5, 5.41) is 13.2. The van der Waals surface area contributed by atoms with Gasteiger partial charge in [0.1, 0.15) is 0 Å². The molecule has 1 N–H and O–H groups in total. The third-order valence-electron chi connectivity index (χ3n) is 4.26. The Balaban J connectivity index is 1.65. The quantitative estimate of drug-likeness (QED) is 0.269. The van der Waals surface area contributed by atoms with E-state index in [1.165, 1.54) is 11.8 Å². The van der Waals surface area contributed by atoms with Crippen LogP contribution >= 0.6 is 27.7 Å². The predicted octanol–water partition coefficient (Wildman–Crippen LogP) is 3.99. The maximum absolute atomic E-state index is 12.2. The number of carbonyl (C=O) groups is 1. The van der Waals surface area contributed by atoms with Crippen LogP contribution in [0.25, 0.3) is 11.4 Å². The number of hydrogen-bond donors (Lipinski definition) is 1. The van der Waals surface area contributed by atoms with E-state index in [4.69, 9.17) is 9.47 Å². The average molecular weight is 504 g/mol. The number of hydrazone groups is 1. The summed E-state index contributed by atoms with van der Waals surface area (Å²) in [4.78, 5) is 12.2. The Hall–Kier alpha value is -2.85. The largest absolute Gasteiger partial charge is 0.493 e. The van der Waals surface area contributed by atoms with Gasteiger partial charge in [0.05, 0.1) is 26.2 Å². The standard InChI is InChI=1S/C21H22BrN5O3S/c1-4-27-20(15-8-9-17(29-2)18(11-15)30-3)25-26-21(27)31-13-19(28)24-23-12-14-6-5-7-16(22)10-14/h5-12H,4,13H2,1-3H3,(H,24,28). The van der Waals surface area contributed by atoms with Crippen LogP contribution in [0.4, 0.5) is 0 Å². The fraction of sp³-hybridized carbons (Fsp3) is 0.238. The minimum absolute atomic E-state index is 0.167. The van der Waals surface area contributed by atoms with E-state index < -0.39 is 0 Å². The molecule has 0 aliphatic rings. The molecule has 162 valence electrons. The van der Waals surface area contributed by atoms with Crippen molar-refractivity contribution in [2.24, 2.45) is 5.10 Å². The van der Waals surface area contributed by atoms with Gasteiger partial charge in [-0.3, -0.25) is 4.79 Å². The molecule has 0 fully saturated rings. The molecule has 0 radical (unpaired) electrons. The molecule has 8 nitrogen and oxygen atoms in total. The summed E-state index contributed by atoms with van der Waals surface area (Å²) in [6.45, 7) is 2.65. The first-order valence-electron chi connectivity index (χ1n) is 9.41. The number of halogens is 1. The number of ether oxygens (including phenoxy) is 2. The molecule has 0 aliphatic heterocycles. The molecular formula is C21H22BrN5O3S. The van der Waals surface area contributed by atoms with Crippen molar-refractivity contribution < 1.29 is 14.3 Å². The number of nitrogens with zero attached hydrogens (tertiary/aromatic N) is 4. The first-order valence-corrected chi connectivity index (χ1v) is 11.2. The summed E-state index contributed by atoms with van der Waals surface area (Å²) in [5.74, 6) is 1.89. The second kappa shape index (κ2) is 11.0. The van der Waals surface area contributed by atoms with Crippen LogP contribution < -0.4 is 14.9 Å². The summed E-state index contributed by atoms with van der Waals surface area (Å²) in [6, 6.07) is 13.2. The van der Waals surface area contributed by atoms with Crippen LogP contribution in [0, 0.1) is 0 Å². The number of amides is 1. The number of thioether (sulfide) groups is 1. The number of benzene rings is 2. The summed E-state index contributed by atoms with van der Waals surface area (Å²) >= 11 is 4.70. The summed E-state index contributed by atoms with van der Waals surface area (Å²) in [6.07, 6.45) is 1.59. The van der Waals surface area contributed by atoms with Crippen LogP contribution in [-0.2, 0) is 11.3 Å². The van der Waals surface area contributed by atoms with Crippen molar-refractivity contribution >= 4 is 39.8 Å². The molecule has 31 heavy (non-hydrogen) atoms. The Labute approximate surface area is 193 Å². The lowest BCUT2D eigenvalue weighted by molar-refractivity contribution is -0.118. The third kappa shape index (κ3) is 5.86. The number of carbonyl (C=O) groups excluding carboxylic acids is 1. The smallest absolute Gasteiger partial charge is 0.250 e. The molecule has 3 rings (SSSR count). The highest BCUT2D eigenvalue weighted by atomic mass is 79.9. The van der Waals surface area contributed by atoms with Crippen molar-refractivity contribution in [2.75, 3.05) is 20.0 Å². The van der Waals surface area contributed by atoms with E-state index in [2.05, 4.69) is 36.7 Å². The Morgan fingerprint density at radius 1 is 1.19 bits per heavy atom. The molecule has 0 saturated heterocycles. The topological polar surface area (TPSA) is 90.6 Å². The van der Waals surface area contributed by atoms with Gasteiger partial charge in [0, 0.05) is 16.6 Å². The lowest BCUT2D eigenvalue weighted by Gasteiger charge is -2.10. The van der Waals surface area contributed by atoms with Crippen molar-refractivity contribution in [1.82, 2.24) is 20.2 Å². The van der Waals surface area contributed by atoms with E-state index in [0.29, 0.717) is 29.0 Å². The Bertz CT molecular complexity index is 1090. The second-order valence-corrected chi connectivity index (χ2v) is 8.12. The monoisotopic (exact) mass is 503 g/mol. The summed E-state index contributed by atoms with van der Waals surface area (Å²) < 4.78 is 13.6. The van der Waals surface area contributed by atoms with E-state index in [1.54, 1.807) is 20.4 Å². The van der Waals surface area contributed by atoms with E-state index in [9.17, 15) is 4.79 Å². The van der Waals surface area contributed by atoms with Crippen molar-refractivity contribution in [3.8, 4) is 22.9 Å². The van der Waals surface area contributed by atoms with Gasteiger partial charge < -0.3 is 14.0 Å². The highest BCUT2D eigenvalue weighted by Gasteiger charge is 2.16. The molecule has 1 heterocycles. The number of hydrogen-bond acceptors (Lipinski definition) is 7. The Morgan fingerprint density at radius 2 is 2.00 bits per heavy atom. The molecule has 0 spiro atoms. The van der Waals surface area contributed by atoms with Gasteiger partial charge in [0.15, 0.2) is 22.5 Å². The molecule has 0 bridgehead atoms. The minimum atomic E-state index is -0.227. The third-order valence-corrected chi connectivity index (χ3v) is 5.72. The average Bonchev–Trinajstić information content (AvgIpc) is 3.20. The zero-order valence-corrected chi connectivity index (χ0v) is 19.7. The van der Waals surface area contributed by atoms with E-state index in [1.807, 2.05) is 54.0 Å². The Morgan fingerprint density at radius 3 is 2.71 bits per heavy atom. The number of methoxy groups -OCH3 is 2. The highest BCUT2D eigenvalue weighted by molar-refractivity contribution is 9.10. The lowest BCUT2D eigenvalue weighted by atomic mass is 10.2. The molecule has 0 unspecified atom stereocenters. The van der Waals surface area contributed by atoms with Crippen molar-refractivity contribution in [3.63, 3.8) is 0 Å². The molecule has 1 amide bonds. The van der Waals surface area contributed by atoms with Crippen molar-refractivity contribution in [2.45, 2.75) is 18.6 Å². The normalized spacial score (nSPS) is 11.0. The molecule has 0 atom stereocenters. The van der Waals surface area contributed by atoms with Gasteiger partial charge in [-0.2, -0.15) is 5.10 Å². The number of aromatic nitrogens is 3. The fourth-order valence-corrected chi connectivity index (χ4v) is 4.01. The fourth-order valence-electron chi connectivity index (χ4n) is 2.80. The van der Waals surface area contributed by atoms with E-state index in [0.717, 1.165) is 15.6 Å². The maximum Gasteiger partial charge on any atom is 0.250 e. The van der Waals surface area contributed by atoms with E-state index >= 15 is 0 Å². The Kier molecular flexibility index (Phi) is 8.07. The van der Waals surface area contributed by atoms with Crippen LogP contribution in [-0.4, -0.2) is 46.9 Å². The molecule has 0 saturated carbocycles. The zero-order valence-electron chi connectivity index (χ0n) is 17.3. The molecule has 0 aliphatic carbocycles. The SMILES string of the molecule is CCn1c(SCC(=O)NN=Cc2cccc(Br)c2)nnc1-c1ccc(OC)c(OC)c1. The number of nitrogens with one attached hydrogen (secondary N) is 1. The van der Waals surface area contributed by atoms with Crippen LogP contribution in [0.2, 0.25) is 0 Å². The van der Waals surface area contributed by atoms with Gasteiger partial charge in [-0.15, -0.1) is 10.2 Å². The van der Waals surface area contributed by atoms with Gasteiger partial charge in [-0.25, -0.2) is 5.43 Å². The van der Waals surface area contributed by atoms with Crippen LogP contribution in [0.15, 0.2) is 57.2 Å². The van der Waals surface area contributed by atoms with Crippen LogP contribution in [0.1, 0.15) is 12.5 Å². The molecule has 10 heteroatoms. The van der Waals surface area contributed by atoms with Gasteiger partial charge in [-0.1, -0.05) is 39.8 Å². The molecule has 3 aromatic rings. The maximum atomic E-state index is 12.2. The van der Waals surface area contributed by atoms with Gasteiger partial charge in [0.25, 0.3) is 5.91 Å². The van der Waals surface area contributed by atoms with Crippen LogP contribution in [0.5, 0.6) is 11.5 Å². The zero-order chi connectivity index (χ0) is 22.2. The van der Waals surface area contributed by atoms with Gasteiger partial charge in [-0.05, 0) is 42.8 Å². The van der Waals surface area contributed by atoms with Crippen molar-refractivity contribution in [3.05, 3.63) is 52.5 Å². The summed E-state index contributed by atoms with van der Waals surface area (Å²) in [7, 11) is 3.18. The molecule has 1 aromatic heterocycles. The van der Waals surface area contributed by atoms with Crippen molar-refractivity contribution in [1.29, 1.82) is 0 Å². The predicted molar refractivity (Wildman–Crippen MR) is 125 cm³/mol. The molecule has 2 aromatic carbocycles. The lowest BCUT2D eigenvalue weighted by Crippen LogP contribution is -2.20. The number of rotatable bonds is 9.